The van der Waals surface area contributed by atoms with Crippen molar-refractivity contribution < 1.29 is 80.2 Å². The van der Waals surface area contributed by atoms with Crippen LogP contribution in [0.15, 0.2) is 0 Å². The Bertz CT molecular complexity index is 1730. The van der Waals surface area contributed by atoms with Crippen LogP contribution in [0.1, 0.15) is 331 Å². The van der Waals surface area contributed by atoms with Gasteiger partial charge in [0.2, 0.25) is 0 Å². The van der Waals surface area contributed by atoms with Gasteiger partial charge in [-0.3, -0.25) is 37.3 Å². The van der Waals surface area contributed by atoms with Crippen LogP contribution in [0.4, 0.5) is 0 Å². The molecule has 0 saturated carbocycles. The van der Waals surface area contributed by atoms with Crippen molar-refractivity contribution in [1.29, 1.82) is 0 Å². The summed E-state index contributed by atoms with van der Waals surface area (Å²) in [6.07, 6.45) is 39.0. The first-order valence-corrected chi connectivity index (χ1v) is 38.3. The monoisotopic (exact) mass is 1280 g/mol. The highest BCUT2D eigenvalue weighted by molar-refractivity contribution is 7.47. The molecule has 3 N–H and O–H groups in total. The zero-order valence-corrected chi connectivity index (χ0v) is 58.4. The maximum Gasteiger partial charge on any atom is 0.472 e. The van der Waals surface area contributed by atoms with Crippen LogP contribution in [0.2, 0.25) is 0 Å². The van der Waals surface area contributed by atoms with Gasteiger partial charge in [0.25, 0.3) is 0 Å². The van der Waals surface area contributed by atoms with Crippen molar-refractivity contribution in [3.05, 3.63) is 0 Å². The quantitative estimate of drug-likeness (QED) is 0.0222. The van der Waals surface area contributed by atoms with Crippen molar-refractivity contribution in [2.45, 2.75) is 350 Å². The van der Waals surface area contributed by atoms with Crippen LogP contribution in [0.25, 0.3) is 0 Å². The summed E-state index contributed by atoms with van der Waals surface area (Å²) in [4.78, 5) is 72.4. The molecule has 0 aromatic rings. The van der Waals surface area contributed by atoms with Crippen LogP contribution in [0.5, 0.6) is 0 Å². The average Bonchev–Trinajstić information content (AvgIpc) is 3.68. The van der Waals surface area contributed by atoms with E-state index in [1.54, 1.807) is 0 Å². The number of phosphoric acid groups is 2. The molecule has 0 radical (unpaired) electrons. The van der Waals surface area contributed by atoms with Crippen LogP contribution < -0.4 is 0 Å². The number of aliphatic hydroxyl groups is 1. The van der Waals surface area contributed by atoms with Gasteiger partial charge in [-0.25, -0.2) is 9.13 Å². The van der Waals surface area contributed by atoms with E-state index in [-0.39, 0.29) is 25.7 Å². The lowest BCUT2D eigenvalue weighted by molar-refractivity contribution is -0.161. The summed E-state index contributed by atoms with van der Waals surface area (Å²) in [5, 5.41) is 10.6. The predicted molar refractivity (Wildman–Crippen MR) is 349 cm³/mol. The Labute approximate surface area is 530 Å². The molecule has 0 aliphatic carbocycles. The van der Waals surface area contributed by atoms with Crippen LogP contribution in [0.3, 0.4) is 0 Å². The largest absolute Gasteiger partial charge is 0.472 e. The number of ether oxygens (including phenoxy) is 4. The minimum Gasteiger partial charge on any atom is -0.462 e. The molecule has 0 amide bonds. The molecule has 0 aliphatic rings. The first kappa shape index (κ1) is 85.1. The zero-order chi connectivity index (χ0) is 64.7. The van der Waals surface area contributed by atoms with Gasteiger partial charge in [-0.15, -0.1) is 0 Å². The second-order valence-electron chi connectivity index (χ2n) is 26.0. The molecule has 516 valence electrons. The van der Waals surface area contributed by atoms with E-state index >= 15 is 0 Å². The zero-order valence-electron chi connectivity index (χ0n) is 56.6. The molecular weight excluding hydrogens is 1150 g/mol. The number of hydrogen-bond donors (Lipinski definition) is 3. The van der Waals surface area contributed by atoms with Crippen molar-refractivity contribution in [1.82, 2.24) is 0 Å². The second kappa shape index (κ2) is 57.9. The number of carbonyl (C=O) groups excluding carboxylic acids is 4. The van der Waals surface area contributed by atoms with Crippen molar-refractivity contribution in [2.24, 2.45) is 23.7 Å². The van der Waals surface area contributed by atoms with E-state index < -0.39 is 97.5 Å². The number of esters is 4. The number of carbonyl (C=O) groups is 4. The molecule has 4 unspecified atom stereocenters. The minimum atomic E-state index is -4.95. The fourth-order valence-electron chi connectivity index (χ4n) is 10.1. The Kier molecular flexibility index (Phi) is 56.6. The summed E-state index contributed by atoms with van der Waals surface area (Å²) >= 11 is 0. The molecule has 0 aromatic carbocycles. The van der Waals surface area contributed by atoms with Crippen molar-refractivity contribution in [3.8, 4) is 0 Å². The molecule has 0 saturated heterocycles. The van der Waals surface area contributed by atoms with E-state index in [1.807, 2.05) is 0 Å². The average molecular weight is 1280 g/mol. The maximum atomic E-state index is 13.0. The van der Waals surface area contributed by atoms with Gasteiger partial charge in [0.1, 0.15) is 19.3 Å². The second-order valence-corrected chi connectivity index (χ2v) is 28.9. The van der Waals surface area contributed by atoms with Gasteiger partial charge in [-0.1, -0.05) is 280 Å². The molecule has 19 heteroatoms. The van der Waals surface area contributed by atoms with Crippen LogP contribution in [-0.2, 0) is 65.4 Å². The highest BCUT2D eigenvalue weighted by Crippen LogP contribution is 2.45. The maximum absolute atomic E-state index is 13.0. The van der Waals surface area contributed by atoms with E-state index in [9.17, 15) is 43.2 Å². The third-order valence-corrected chi connectivity index (χ3v) is 18.2. The van der Waals surface area contributed by atoms with Gasteiger partial charge in [-0.2, -0.15) is 0 Å². The number of unbranched alkanes of at least 4 members (excludes halogenated alkanes) is 29. The molecule has 0 fully saturated rings. The minimum absolute atomic E-state index is 0.101. The molecule has 0 rings (SSSR count). The van der Waals surface area contributed by atoms with Crippen LogP contribution in [0, 0.1) is 23.7 Å². The highest BCUT2D eigenvalue weighted by Gasteiger charge is 2.30. The molecule has 17 nitrogen and oxygen atoms in total. The van der Waals surface area contributed by atoms with Crippen molar-refractivity contribution >= 4 is 39.5 Å². The topological polar surface area (TPSA) is 237 Å². The van der Waals surface area contributed by atoms with E-state index in [1.165, 1.54) is 128 Å². The van der Waals surface area contributed by atoms with E-state index in [0.29, 0.717) is 31.6 Å². The van der Waals surface area contributed by atoms with Gasteiger partial charge >= 0.3 is 39.5 Å². The lowest BCUT2D eigenvalue weighted by atomic mass is 9.99. The molecule has 0 spiro atoms. The van der Waals surface area contributed by atoms with Crippen molar-refractivity contribution in [3.63, 3.8) is 0 Å². The fourth-order valence-corrected chi connectivity index (χ4v) is 11.7. The molecule has 0 aliphatic heterocycles. The summed E-state index contributed by atoms with van der Waals surface area (Å²) in [6, 6.07) is 0. The number of rotatable bonds is 65. The Balaban J connectivity index is 5.23. The molecule has 0 bridgehead atoms. The molecule has 87 heavy (non-hydrogen) atoms. The number of hydrogen-bond acceptors (Lipinski definition) is 15. The summed E-state index contributed by atoms with van der Waals surface area (Å²) in [5.41, 5.74) is 0. The molecular formula is C68H132O17P2. The van der Waals surface area contributed by atoms with E-state index in [0.717, 1.165) is 114 Å². The van der Waals surface area contributed by atoms with E-state index in [2.05, 4.69) is 55.4 Å². The van der Waals surface area contributed by atoms with Gasteiger partial charge in [0.15, 0.2) is 12.2 Å². The lowest BCUT2D eigenvalue weighted by Crippen LogP contribution is -2.30. The van der Waals surface area contributed by atoms with Crippen LogP contribution in [-0.4, -0.2) is 96.7 Å². The Morgan fingerprint density at radius 1 is 0.322 bits per heavy atom. The number of aliphatic hydroxyl groups excluding tert-OH is 1. The van der Waals surface area contributed by atoms with Gasteiger partial charge in [-0.05, 0) is 49.4 Å². The summed E-state index contributed by atoms with van der Waals surface area (Å²) in [5.74, 6) is 0.837. The molecule has 0 heterocycles. The fraction of sp³-hybridized carbons (Fsp3) is 0.941. The highest BCUT2D eigenvalue weighted by atomic mass is 31.2. The van der Waals surface area contributed by atoms with Gasteiger partial charge in [0, 0.05) is 25.7 Å². The first-order chi connectivity index (χ1) is 41.7. The molecule has 7 atom stereocenters. The standard InChI is InChI=1S/C68H132O17P2/c1-9-60(7)46-38-30-21-17-14-15-19-23-34-42-50-67(72)84-63(55-79-66(71)49-41-33-27-25-31-39-47-61(8)10-2)56-82-86(74,75)80-52-62(69)53-81-87(76,77)83-57-64(85-68(73)51-43-35-26-24-29-37-45-59(5)6)54-78-65(70)48-40-32-22-18-13-11-12-16-20-28-36-44-58(3)4/h58-64,69H,9-57H2,1-8H3,(H,74,75)(H,76,77)/t60?,61?,62-,63+,64+/m0/s1. The molecule has 0 aromatic heterocycles. The summed E-state index contributed by atoms with van der Waals surface area (Å²) < 4.78 is 68.1. The van der Waals surface area contributed by atoms with Gasteiger partial charge in [0.05, 0.1) is 26.4 Å². The summed E-state index contributed by atoms with van der Waals surface area (Å²) in [6.45, 7) is 14.0. The third kappa shape index (κ3) is 60.1. The van der Waals surface area contributed by atoms with Gasteiger partial charge < -0.3 is 33.8 Å². The number of phosphoric ester groups is 2. The Hall–Kier alpha value is -1.94. The Morgan fingerprint density at radius 3 is 0.816 bits per heavy atom. The van der Waals surface area contributed by atoms with Crippen molar-refractivity contribution in [2.75, 3.05) is 39.6 Å². The first-order valence-electron chi connectivity index (χ1n) is 35.3. The predicted octanol–water partition coefficient (Wildman–Crippen LogP) is 18.9. The van der Waals surface area contributed by atoms with Crippen LogP contribution >= 0.6 is 15.6 Å². The normalized spacial score (nSPS) is 15.0. The third-order valence-electron chi connectivity index (χ3n) is 16.3. The SMILES string of the molecule is CCC(C)CCCCCCCCCCCCC(=O)O[C@H](COC(=O)CCCCCCCCC(C)CC)COP(=O)(O)OC[C@H](O)COP(=O)(O)OC[C@@H](COC(=O)CCCCCCCCCCCCCC(C)C)OC(=O)CCCCCCCCC(C)C. The van der Waals surface area contributed by atoms with E-state index in [4.69, 9.17) is 37.0 Å². The lowest BCUT2D eigenvalue weighted by Gasteiger charge is -2.21. The smallest absolute Gasteiger partial charge is 0.462 e. The Morgan fingerprint density at radius 2 is 0.552 bits per heavy atom. The summed E-state index contributed by atoms with van der Waals surface area (Å²) in [7, 11) is -9.90.